The summed E-state index contributed by atoms with van der Waals surface area (Å²) in [5.74, 6) is -0.000270. The second kappa shape index (κ2) is 7.08. The summed E-state index contributed by atoms with van der Waals surface area (Å²) >= 11 is 0. The SMILES string of the molecule is CCc1ccc(CN(C)C(=O)c2ccc(-n3cncn3)cc2)cc1. The van der Waals surface area contributed by atoms with Gasteiger partial charge in [-0.05, 0) is 41.8 Å². The minimum absolute atomic E-state index is 0.000270. The van der Waals surface area contributed by atoms with Crippen molar-refractivity contribution in [3.63, 3.8) is 0 Å². The van der Waals surface area contributed by atoms with Crippen molar-refractivity contribution in [3.05, 3.63) is 77.9 Å². The third-order valence-electron chi connectivity index (χ3n) is 4.00. The van der Waals surface area contributed by atoms with Crippen LogP contribution in [-0.4, -0.2) is 32.6 Å². The molecule has 0 bridgehead atoms. The van der Waals surface area contributed by atoms with Crippen LogP contribution in [0.25, 0.3) is 5.69 Å². The molecule has 0 aliphatic rings. The van der Waals surface area contributed by atoms with Gasteiger partial charge in [0.25, 0.3) is 5.91 Å². The van der Waals surface area contributed by atoms with Gasteiger partial charge in [0.1, 0.15) is 12.7 Å². The Balaban J connectivity index is 1.68. The van der Waals surface area contributed by atoms with Crippen LogP contribution in [0.3, 0.4) is 0 Å². The smallest absolute Gasteiger partial charge is 0.253 e. The quantitative estimate of drug-likeness (QED) is 0.726. The fraction of sp³-hybridized carbons (Fsp3) is 0.211. The van der Waals surface area contributed by atoms with Crippen molar-refractivity contribution in [2.24, 2.45) is 0 Å². The zero-order chi connectivity index (χ0) is 16.9. The van der Waals surface area contributed by atoms with Crippen LogP contribution in [0.15, 0.2) is 61.2 Å². The Kier molecular flexibility index (Phi) is 4.70. The number of carbonyl (C=O) groups is 1. The minimum Gasteiger partial charge on any atom is -0.337 e. The summed E-state index contributed by atoms with van der Waals surface area (Å²) in [4.78, 5) is 18.2. The zero-order valence-corrected chi connectivity index (χ0v) is 13.9. The lowest BCUT2D eigenvalue weighted by Crippen LogP contribution is -2.26. The molecular formula is C19H20N4O. The van der Waals surface area contributed by atoms with Crippen molar-refractivity contribution < 1.29 is 4.79 Å². The van der Waals surface area contributed by atoms with Gasteiger partial charge in [0.05, 0.1) is 5.69 Å². The van der Waals surface area contributed by atoms with Gasteiger partial charge in [-0.2, -0.15) is 5.10 Å². The first-order chi connectivity index (χ1) is 11.7. The molecule has 1 amide bonds. The van der Waals surface area contributed by atoms with Gasteiger partial charge in [0.2, 0.25) is 0 Å². The van der Waals surface area contributed by atoms with Crippen LogP contribution in [0.5, 0.6) is 0 Å². The van der Waals surface area contributed by atoms with Crippen LogP contribution in [0.1, 0.15) is 28.4 Å². The Morgan fingerprint density at radius 1 is 1.04 bits per heavy atom. The van der Waals surface area contributed by atoms with Gasteiger partial charge in [-0.15, -0.1) is 0 Å². The topological polar surface area (TPSA) is 51.0 Å². The average molecular weight is 320 g/mol. The lowest BCUT2D eigenvalue weighted by atomic mass is 10.1. The first kappa shape index (κ1) is 15.9. The summed E-state index contributed by atoms with van der Waals surface area (Å²) in [6.45, 7) is 2.72. The Hall–Kier alpha value is -2.95. The molecule has 5 heteroatoms. The van der Waals surface area contributed by atoms with Gasteiger partial charge in [-0.25, -0.2) is 9.67 Å². The van der Waals surface area contributed by atoms with Gasteiger partial charge >= 0.3 is 0 Å². The van der Waals surface area contributed by atoms with Crippen molar-refractivity contribution in [3.8, 4) is 5.69 Å². The maximum atomic E-state index is 12.6. The first-order valence-electron chi connectivity index (χ1n) is 7.95. The summed E-state index contributed by atoms with van der Waals surface area (Å²) in [6, 6.07) is 15.7. The second-order valence-electron chi connectivity index (χ2n) is 5.72. The van der Waals surface area contributed by atoms with E-state index >= 15 is 0 Å². The number of hydrogen-bond donors (Lipinski definition) is 0. The molecule has 122 valence electrons. The molecule has 5 nitrogen and oxygen atoms in total. The molecule has 0 radical (unpaired) electrons. The maximum Gasteiger partial charge on any atom is 0.253 e. The van der Waals surface area contributed by atoms with E-state index in [9.17, 15) is 4.79 Å². The number of hydrogen-bond acceptors (Lipinski definition) is 3. The third kappa shape index (κ3) is 3.51. The molecule has 0 atom stereocenters. The molecular weight excluding hydrogens is 300 g/mol. The van der Waals surface area contributed by atoms with Gasteiger partial charge in [-0.3, -0.25) is 4.79 Å². The van der Waals surface area contributed by atoms with E-state index in [1.165, 1.54) is 11.9 Å². The van der Waals surface area contributed by atoms with Crippen molar-refractivity contribution >= 4 is 5.91 Å². The number of aryl methyl sites for hydroxylation is 1. The molecule has 0 saturated carbocycles. The Labute approximate surface area is 141 Å². The molecule has 24 heavy (non-hydrogen) atoms. The molecule has 0 aliphatic carbocycles. The number of carbonyl (C=O) groups excluding carboxylic acids is 1. The van der Waals surface area contributed by atoms with Crippen LogP contribution in [0, 0.1) is 0 Å². The van der Waals surface area contributed by atoms with Crippen LogP contribution in [-0.2, 0) is 13.0 Å². The minimum atomic E-state index is -0.000270. The lowest BCUT2D eigenvalue weighted by molar-refractivity contribution is 0.0785. The number of benzene rings is 2. The molecule has 0 N–H and O–H groups in total. The van der Waals surface area contributed by atoms with Crippen LogP contribution < -0.4 is 0 Å². The van der Waals surface area contributed by atoms with E-state index < -0.39 is 0 Å². The van der Waals surface area contributed by atoms with Crippen molar-refractivity contribution in [1.82, 2.24) is 19.7 Å². The van der Waals surface area contributed by atoms with Gasteiger partial charge < -0.3 is 4.90 Å². The molecule has 0 saturated heterocycles. The molecule has 1 heterocycles. The second-order valence-corrected chi connectivity index (χ2v) is 5.72. The van der Waals surface area contributed by atoms with Crippen LogP contribution in [0.2, 0.25) is 0 Å². The van der Waals surface area contributed by atoms with Crippen molar-refractivity contribution in [2.45, 2.75) is 19.9 Å². The van der Waals surface area contributed by atoms with E-state index in [2.05, 4.69) is 41.3 Å². The lowest BCUT2D eigenvalue weighted by Gasteiger charge is -2.17. The molecule has 0 fully saturated rings. The van der Waals surface area contributed by atoms with Crippen LogP contribution in [0.4, 0.5) is 0 Å². The highest BCUT2D eigenvalue weighted by molar-refractivity contribution is 5.94. The number of amides is 1. The van der Waals surface area contributed by atoms with Gasteiger partial charge in [0, 0.05) is 19.2 Å². The number of aromatic nitrogens is 3. The van der Waals surface area contributed by atoms with E-state index in [1.807, 2.05) is 31.3 Å². The average Bonchev–Trinajstić information content (AvgIpc) is 3.16. The van der Waals surface area contributed by atoms with Crippen LogP contribution >= 0.6 is 0 Å². The fourth-order valence-corrected chi connectivity index (χ4v) is 2.54. The Bertz CT molecular complexity index is 792. The number of rotatable bonds is 5. The highest BCUT2D eigenvalue weighted by Gasteiger charge is 2.12. The summed E-state index contributed by atoms with van der Waals surface area (Å²) in [5, 5.41) is 4.08. The highest BCUT2D eigenvalue weighted by Crippen LogP contribution is 2.12. The number of nitrogens with zero attached hydrogens (tertiary/aromatic N) is 4. The third-order valence-corrected chi connectivity index (χ3v) is 4.00. The van der Waals surface area contributed by atoms with E-state index in [0.717, 1.165) is 17.7 Å². The van der Waals surface area contributed by atoms with Gasteiger partial charge in [0.15, 0.2) is 0 Å². The largest absolute Gasteiger partial charge is 0.337 e. The van der Waals surface area contributed by atoms with E-state index in [0.29, 0.717) is 12.1 Å². The maximum absolute atomic E-state index is 12.6. The van der Waals surface area contributed by atoms with E-state index in [4.69, 9.17) is 0 Å². The van der Waals surface area contributed by atoms with E-state index in [-0.39, 0.29) is 5.91 Å². The summed E-state index contributed by atoms with van der Waals surface area (Å²) in [7, 11) is 1.82. The van der Waals surface area contributed by atoms with Crippen molar-refractivity contribution in [2.75, 3.05) is 7.05 Å². The summed E-state index contributed by atoms with van der Waals surface area (Å²) < 4.78 is 1.66. The zero-order valence-electron chi connectivity index (χ0n) is 13.9. The predicted octanol–water partition coefficient (Wildman–Crippen LogP) is 3.10. The summed E-state index contributed by atoms with van der Waals surface area (Å²) in [6.07, 6.45) is 4.13. The first-order valence-corrected chi connectivity index (χ1v) is 7.95. The molecule has 3 rings (SSSR count). The summed E-state index contributed by atoms with van der Waals surface area (Å²) in [5.41, 5.74) is 3.96. The van der Waals surface area contributed by atoms with Gasteiger partial charge in [-0.1, -0.05) is 31.2 Å². The highest BCUT2D eigenvalue weighted by atomic mass is 16.2. The standard InChI is InChI=1S/C19H20N4O/c1-3-15-4-6-16(7-5-15)12-22(2)19(24)17-8-10-18(11-9-17)23-14-20-13-21-23/h4-11,13-14H,3,12H2,1-2H3. The normalized spacial score (nSPS) is 10.6. The van der Waals surface area contributed by atoms with Crippen molar-refractivity contribution in [1.29, 1.82) is 0 Å². The van der Waals surface area contributed by atoms with E-state index in [1.54, 1.807) is 15.9 Å². The molecule has 2 aromatic carbocycles. The monoisotopic (exact) mass is 320 g/mol. The Morgan fingerprint density at radius 3 is 2.29 bits per heavy atom. The molecule has 3 aromatic rings. The Morgan fingerprint density at radius 2 is 1.71 bits per heavy atom. The molecule has 1 aromatic heterocycles. The molecule has 0 unspecified atom stereocenters. The fourth-order valence-electron chi connectivity index (χ4n) is 2.54. The molecule has 0 spiro atoms. The predicted molar refractivity (Wildman–Crippen MR) is 93.0 cm³/mol. The molecule has 0 aliphatic heterocycles.